The van der Waals surface area contributed by atoms with E-state index in [4.69, 9.17) is 5.11 Å². The molecule has 0 amide bonds. The highest BCUT2D eigenvalue weighted by molar-refractivity contribution is 5.55. The maximum absolute atomic E-state index is 13.8. The summed E-state index contributed by atoms with van der Waals surface area (Å²) < 4.78 is 13.8. The van der Waals surface area contributed by atoms with Crippen LogP contribution in [-0.4, -0.2) is 54.4 Å². The minimum Gasteiger partial charge on any atom is -0.395 e. The SMILES string of the molecule is CC(O)c1c(F)cccc1N1CCN(CCO)CC1. The lowest BCUT2D eigenvalue weighted by atomic mass is 10.1. The van der Waals surface area contributed by atoms with E-state index in [1.54, 1.807) is 13.0 Å². The first-order chi connectivity index (χ1) is 9.13. The van der Waals surface area contributed by atoms with Gasteiger partial charge in [0.1, 0.15) is 5.82 Å². The lowest BCUT2D eigenvalue weighted by Crippen LogP contribution is -2.47. The third-order valence-electron chi connectivity index (χ3n) is 3.58. The molecule has 1 fully saturated rings. The van der Waals surface area contributed by atoms with Crippen LogP contribution in [0.5, 0.6) is 0 Å². The van der Waals surface area contributed by atoms with Gasteiger partial charge in [0.2, 0.25) is 0 Å². The Bertz CT molecular complexity index is 418. The lowest BCUT2D eigenvalue weighted by Gasteiger charge is -2.37. The number of piperazine rings is 1. The molecule has 0 bridgehead atoms. The summed E-state index contributed by atoms with van der Waals surface area (Å²) in [5.41, 5.74) is 1.15. The zero-order valence-corrected chi connectivity index (χ0v) is 11.2. The molecule has 1 aliphatic rings. The Balaban J connectivity index is 2.13. The Labute approximate surface area is 113 Å². The molecule has 2 N–H and O–H groups in total. The summed E-state index contributed by atoms with van der Waals surface area (Å²) in [4.78, 5) is 4.27. The molecule has 5 heteroatoms. The Morgan fingerprint density at radius 1 is 1.26 bits per heavy atom. The highest BCUT2D eigenvalue weighted by Crippen LogP contribution is 2.29. The molecule has 0 spiro atoms. The molecule has 1 heterocycles. The van der Waals surface area contributed by atoms with Crippen molar-refractivity contribution in [2.75, 3.05) is 44.2 Å². The van der Waals surface area contributed by atoms with Crippen molar-refractivity contribution in [3.63, 3.8) is 0 Å². The van der Waals surface area contributed by atoms with Crippen LogP contribution in [0.15, 0.2) is 18.2 Å². The van der Waals surface area contributed by atoms with Crippen molar-refractivity contribution in [2.45, 2.75) is 13.0 Å². The van der Waals surface area contributed by atoms with Gasteiger partial charge in [0.05, 0.1) is 12.7 Å². The summed E-state index contributed by atoms with van der Waals surface area (Å²) in [5, 5.41) is 18.7. The maximum atomic E-state index is 13.8. The van der Waals surface area contributed by atoms with Gasteiger partial charge < -0.3 is 15.1 Å². The van der Waals surface area contributed by atoms with Gasteiger partial charge in [-0.15, -0.1) is 0 Å². The number of benzene rings is 1. The average molecular weight is 268 g/mol. The smallest absolute Gasteiger partial charge is 0.131 e. The minimum absolute atomic E-state index is 0.166. The van der Waals surface area contributed by atoms with E-state index >= 15 is 0 Å². The van der Waals surface area contributed by atoms with Crippen LogP contribution in [0.25, 0.3) is 0 Å². The second-order valence-electron chi connectivity index (χ2n) is 4.90. The van der Waals surface area contributed by atoms with E-state index in [-0.39, 0.29) is 12.4 Å². The van der Waals surface area contributed by atoms with E-state index in [2.05, 4.69) is 9.80 Å². The van der Waals surface area contributed by atoms with Gasteiger partial charge in [-0.3, -0.25) is 4.90 Å². The number of aliphatic hydroxyl groups is 2. The van der Waals surface area contributed by atoms with Crippen LogP contribution in [0.2, 0.25) is 0 Å². The third-order valence-corrected chi connectivity index (χ3v) is 3.58. The number of hydrogen-bond acceptors (Lipinski definition) is 4. The Kier molecular flexibility index (Phi) is 4.74. The van der Waals surface area contributed by atoms with Crippen LogP contribution in [0.1, 0.15) is 18.6 Å². The van der Waals surface area contributed by atoms with Gasteiger partial charge in [-0.2, -0.15) is 0 Å². The van der Waals surface area contributed by atoms with E-state index in [0.29, 0.717) is 12.1 Å². The van der Waals surface area contributed by atoms with Crippen LogP contribution in [0, 0.1) is 5.82 Å². The molecule has 0 aromatic heterocycles. The van der Waals surface area contributed by atoms with Crippen molar-refractivity contribution in [3.05, 3.63) is 29.6 Å². The first-order valence-corrected chi connectivity index (χ1v) is 6.68. The molecule has 2 rings (SSSR count). The maximum Gasteiger partial charge on any atom is 0.131 e. The van der Waals surface area contributed by atoms with Crippen molar-refractivity contribution in [1.29, 1.82) is 0 Å². The number of rotatable bonds is 4. The van der Waals surface area contributed by atoms with Gasteiger partial charge in [0, 0.05) is 44.0 Å². The Morgan fingerprint density at radius 3 is 2.53 bits per heavy atom. The fourth-order valence-electron chi connectivity index (χ4n) is 2.57. The Hall–Kier alpha value is -1.17. The van der Waals surface area contributed by atoms with E-state index in [1.807, 2.05) is 6.07 Å². The predicted octanol–water partition coefficient (Wildman–Crippen LogP) is 0.993. The molecule has 0 saturated carbocycles. The number of anilines is 1. The van der Waals surface area contributed by atoms with Crippen molar-refractivity contribution < 1.29 is 14.6 Å². The van der Waals surface area contributed by atoms with Crippen LogP contribution >= 0.6 is 0 Å². The van der Waals surface area contributed by atoms with Gasteiger partial charge in [-0.1, -0.05) is 6.07 Å². The summed E-state index contributed by atoms with van der Waals surface area (Å²) in [7, 11) is 0. The predicted molar refractivity (Wildman–Crippen MR) is 72.8 cm³/mol. The molecule has 106 valence electrons. The van der Waals surface area contributed by atoms with Crippen LogP contribution in [0.3, 0.4) is 0 Å². The third kappa shape index (κ3) is 3.23. The summed E-state index contributed by atoms with van der Waals surface area (Å²) >= 11 is 0. The summed E-state index contributed by atoms with van der Waals surface area (Å²) in [6.07, 6.45) is -0.813. The fourth-order valence-corrected chi connectivity index (χ4v) is 2.57. The summed E-state index contributed by atoms with van der Waals surface area (Å²) in [5.74, 6) is -0.356. The minimum atomic E-state index is -0.813. The van der Waals surface area contributed by atoms with E-state index in [9.17, 15) is 9.50 Å². The van der Waals surface area contributed by atoms with Gasteiger partial charge in [-0.25, -0.2) is 4.39 Å². The molecule has 0 aliphatic carbocycles. The molecular weight excluding hydrogens is 247 g/mol. The van der Waals surface area contributed by atoms with Gasteiger partial charge in [0.15, 0.2) is 0 Å². The van der Waals surface area contributed by atoms with Gasteiger partial charge in [0.25, 0.3) is 0 Å². The molecule has 1 aromatic rings. The van der Waals surface area contributed by atoms with Crippen molar-refractivity contribution in [2.24, 2.45) is 0 Å². The number of nitrogens with zero attached hydrogens (tertiary/aromatic N) is 2. The molecule has 19 heavy (non-hydrogen) atoms. The van der Waals surface area contributed by atoms with Crippen molar-refractivity contribution in [1.82, 2.24) is 4.90 Å². The highest BCUT2D eigenvalue weighted by atomic mass is 19.1. The number of hydrogen-bond donors (Lipinski definition) is 2. The van der Waals surface area contributed by atoms with Crippen LogP contribution < -0.4 is 4.90 Å². The molecule has 1 saturated heterocycles. The molecule has 1 aromatic carbocycles. The number of β-amino-alcohol motifs (C(OH)–C–C–N with tert-alkyl or cyclic N) is 1. The quantitative estimate of drug-likeness (QED) is 0.855. The summed E-state index contributed by atoms with van der Waals surface area (Å²) in [6, 6.07) is 4.91. The molecule has 1 atom stereocenters. The number of aliphatic hydroxyl groups excluding tert-OH is 2. The largest absolute Gasteiger partial charge is 0.395 e. The molecule has 1 unspecified atom stereocenters. The zero-order valence-electron chi connectivity index (χ0n) is 11.2. The monoisotopic (exact) mass is 268 g/mol. The first kappa shape index (κ1) is 14.2. The fraction of sp³-hybridized carbons (Fsp3) is 0.571. The molecular formula is C14H21FN2O2. The second-order valence-corrected chi connectivity index (χ2v) is 4.90. The van der Waals surface area contributed by atoms with Gasteiger partial charge in [-0.05, 0) is 19.1 Å². The average Bonchev–Trinajstić information content (AvgIpc) is 2.39. The lowest BCUT2D eigenvalue weighted by molar-refractivity contribution is 0.185. The highest BCUT2D eigenvalue weighted by Gasteiger charge is 2.22. The van der Waals surface area contributed by atoms with Crippen molar-refractivity contribution in [3.8, 4) is 0 Å². The second kappa shape index (κ2) is 6.32. The molecule has 0 radical (unpaired) electrons. The first-order valence-electron chi connectivity index (χ1n) is 6.68. The van der Waals surface area contributed by atoms with Crippen LogP contribution in [-0.2, 0) is 0 Å². The Morgan fingerprint density at radius 2 is 1.95 bits per heavy atom. The zero-order chi connectivity index (χ0) is 13.8. The van der Waals surface area contributed by atoms with Crippen LogP contribution in [0.4, 0.5) is 10.1 Å². The summed E-state index contributed by atoms with van der Waals surface area (Å²) in [6.45, 7) is 5.68. The van der Waals surface area contributed by atoms with E-state index < -0.39 is 6.10 Å². The topological polar surface area (TPSA) is 46.9 Å². The molecule has 1 aliphatic heterocycles. The van der Waals surface area contributed by atoms with E-state index in [0.717, 1.165) is 31.9 Å². The number of halogens is 1. The molecule has 4 nitrogen and oxygen atoms in total. The van der Waals surface area contributed by atoms with Crippen molar-refractivity contribution >= 4 is 5.69 Å². The standard InChI is InChI=1S/C14H21FN2O2/c1-11(19)14-12(15)3-2-4-13(14)17-7-5-16(6-8-17)9-10-18/h2-4,11,18-19H,5-10H2,1H3. The van der Waals surface area contributed by atoms with E-state index in [1.165, 1.54) is 6.07 Å². The van der Waals surface area contributed by atoms with Gasteiger partial charge >= 0.3 is 0 Å². The normalized spacial score (nSPS) is 18.6.